The Morgan fingerprint density at radius 1 is 1.09 bits per heavy atom. The predicted octanol–water partition coefficient (Wildman–Crippen LogP) is 3.49. The van der Waals surface area contributed by atoms with Crippen LogP contribution in [0.25, 0.3) is 21.5 Å². The molecule has 0 saturated carbocycles. The van der Waals surface area contributed by atoms with E-state index in [1.54, 1.807) is 16.0 Å². The van der Waals surface area contributed by atoms with Crippen molar-refractivity contribution in [3.63, 3.8) is 0 Å². The van der Waals surface area contributed by atoms with Gasteiger partial charge in [-0.25, -0.2) is 13.4 Å². The second-order valence-corrected chi connectivity index (χ2v) is 11.2. The number of nitrogens with zero attached hydrogens (tertiary/aromatic N) is 3. The standard InChI is InChI=1S/C23H20N4O4S3/c1-2-12-27-18-10-6-7-11-19(18)33-23(27)26-21(29)15-34(30,31)14-20(28)25-22-24-17(13-32-22)16-8-4-3-5-9-16/h2-11,13H,1,12,14-15H2,(H,24,25,28). The smallest absolute Gasteiger partial charge is 0.263 e. The maximum absolute atomic E-state index is 12.5. The second-order valence-electron chi connectivity index (χ2n) is 7.24. The van der Waals surface area contributed by atoms with Gasteiger partial charge in [0.1, 0.15) is 11.5 Å². The molecule has 11 heteroatoms. The van der Waals surface area contributed by atoms with Crippen molar-refractivity contribution in [2.75, 3.05) is 16.8 Å². The van der Waals surface area contributed by atoms with Gasteiger partial charge in [0, 0.05) is 17.5 Å². The maximum atomic E-state index is 12.5. The fourth-order valence-corrected chi connectivity index (χ4v) is 6.02. The third-order valence-corrected chi connectivity index (χ3v) is 7.84. The van der Waals surface area contributed by atoms with Crippen LogP contribution in [0.3, 0.4) is 0 Å². The number of fused-ring (bicyclic) bond motifs is 1. The topological polar surface area (TPSA) is 110 Å². The fourth-order valence-electron chi connectivity index (χ4n) is 3.22. The van der Waals surface area contributed by atoms with Crippen molar-refractivity contribution in [3.8, 4) is 11.3 Å². The molecule has 2 aromatic heterocycles. The van der Waals surface area contributed by atoms with Crippen LogP contribution in [0.15, 0.2) is 77.6 Å². The van der Waals surface area contributed by atoms with Gasteiger partial charge in [-0.1, -0.05) is 59.9 Å². The van der Waals surface area contributed by atoms with Crippen molar-refractivity contribution >= 4 is 59.7 Å². The number of thiazole rings is 2. The summed E-state index contributed by atoms with van der Waals surface area (Å²) in [5, 5.41) is 4.54. The van der Waals surface area contributed by atoms with E-state index in [1.165, 1.54) is 22.7 Å². The zero-order valence-corrected chi connectivity index (χ0v) is 20.3. The minimum Gasteiger partial charge on any atom is -0.313 e. The summed E-state index contributed by atoms with van der Waals surface area (Å²) in [4.78, 5) is 33.4. The lowest BCUT2D eigenvalue weighted by Crippen LogP contribution is -2.28. The fraction of sp³-hybridized carbons (Fsp3) is 0.130. The van der Waals surface area contributed by atoms with E-state index in [4.69, 9.17) is 0 Å². The van der Waals surface area contributed by atoms with Gasteiger partial charge in [0.15, 0.2) is 19.8 Å². The van der Waals surface area contributed by atoms with Gasteiger partial charge in [0.2, 0.25) is 5.91 Å². The highest BCUT2D eigenvalue weighted by molar-refractivity contribution is 7.92. The van der Waals surface area contributed by atoms with E-state index in [1.807, 2.05) is 54.6 Å². The Balaban J connectivity index is 1.43. The van der Waals surface area contributed by atoms with Crippen LogP contribution >= 0.6 is 22.7 Å². The lowest BCUT2D eigenvalue weighted by atomic mass is 10.2. The molecule has 34 heavy (non-hydrogen) atoms. The second kappa shape index (κ2) is 10.2. The first-order chi connectivity index (χ1) is 16.3. The molecule has 1 N–H and O–H groups in total. The molecule has 0 atom stereocenters. The van der Waals surface area contributed by atoms with E-state index < -0.39 is 33.2 Å². The van der Waals surface area contributed by atoms with Gasteiger partial charge < -0.3 is 9.88 Å². The molecule has 0 saturated heterocycles. The minimum atomic E-state index is -4.02. The highest BCUT2D eigenvalue weighted by Gasteiger charge is 2.22. The number of aromatic nitrogens is 2. The largest absolute Gasteiger partial charge is 0.313 e. The van der Waals surface area contributed by atoms with Crippen molar-refractivity contribution in [1.29, 1.82) is 0 Å². The molecular formula is C23H20N4O4S3. The van der Waals surface area contributed by atoms with Gasteiger partial charge >= 0.3 is 0 Å². The summed E-state index contributed by atoms with van der Waals surface area (Å²) in [6.07, 6.45) is 1.67. The molecule has 8 nitrogen and oxygen atoms in total. The van der Waals surface area contributed by atoms with Gasteiger partial charge in [-0.05, 0) is 12.1 Å². The van der Waals surface area contributed by atoms with E-state index in [0.29, 0.717) is 17.0 Å². The molecule has 2 amide bonds. The van der Waals surface area contributed by atoms with E-state index in [-0.39, 0.29) is 5.13 Å². The highest BCUT2D eigenvalue weighted by atomic mass is 32.2. The Kier molecular flexibility index (Phi) is 7.15. The number of sulfone groups is 1. The van der Waals surface area contributed by atoms with Crippen molar-refractivity contribution in [2.24, 2.45) is 4.99 Å². The van der Waals surface area contributed by atoms with Gasteiger partial charge in [-0.15, -0.1) is 17.9 Å². The van der Waals surface area contributed by atoms with Gasteiger partial charge in [-0.2, -0.15) is 4.99 Å². The van der Waals surface area contributed by atoms with Crippen LogP contribution in [0.5, 0.6) is 0 Å². The molecule has 0 aliphatic heterocycles. The number of anilines is 1. The third-order valence-electron chi connectivity index (χ3n) is 4.63. The number of nitrogens with one attached hydrogen (secondary N) is 1. The summed E-state index contributed by atoms with van der Waals surface area (Å²) in [7, 11) is -4.02. The average molecular weight is 513 g/mol. The van der Waals surface area contributed by atoms with Gasteiger partial charge in [0.05, 0.1) is 15.9 Å². The molecule has 174 valence electrons. The molecule has 0 aliphatic carbocycles. The zero-order valence-electron chi connectivity index (χ0n) is 17.9. The minimum absolute atomic E-state index is 0.283. The van der Waals surface area contributed by atoms with Crippen molar-refractivity contribution in [1.82, 2.24) is 9.55 Å². The number of carbonyl (C=O) groups is 2. The van der Waals surface area contributed by atoms with Crippen LogP contribution in [0, 0.1) is 0 Å². The van der Waals surface area contributed by atoms with Crippen molar-refractivity contribution in [3.05, 3.63) is 77.4 Å². The molecular weight excluding hydrogens is 492 g/mol. The Morgan fingerprint density at radius 2 is 1.82 bits per heavy atom. The monoisotopic (exact) mass is 512 g/mol. The third kappa shape index (κ3) is 5.74. The van der Waals surface area contributed by atoms with Crippen molar-refractivity contribution < 1.29 is 18.0 Å². The molecule has 0 bridgehead atoms. The quantitative estimate of drug-likeness (QED) is 0.363. The normalized spacial score (nSPS) is 12.1. The Hall–Kier alpha value is -3.41. The summed E-state index contributed by atoms with van der Waals surface area (Å²) < 4.78 is 27.6. The highest BCUT2D eigenvalue weighted by Crippen LogP contribution is 2.24. The Bertz CT molecular complexity index is 1530. The van der Waals surface area contributed by atoms with Gasteiger partial charge in [-0.3, -0.25) is 9.59 Å². The Morgan fingerprint density at radius 3 is 2.59 bits per heavy atom. The molecule has 0 spiro atoms. The first-order valence-corrected chi connectivity index (χ1v) is 13.6. The first kappa shape index (κ1) is 23.7. The number of benzene rings is 2. The van der Waals surface area contributed by atoms with Crippen LogP contribution in [0.2, 0.25) is 0 Å². The zero-order chi connectivity index (χ0) is 24.1. The molecule has 2 aromatic carbocycles. The first-order valence-electron chi connectivity index (χ1n) is 10.1. The summed E-state index contributed by atoms with van der Waals surface area (Å²) in [6.45, 7) is 4.14. The van der Waals surface area contributed by atoms with Crippen LogP contribution in [0.1, 0.15) is 0 Å². The van der Waals surface area contributed by atoms with Gasteiger partial charge in [0.25, 0.3) is 5.91 Å². The van der Waals surface area contributed by atoms with E-state index in [2.05, 4.69) is 21.9 Å². The molecule has 4 aromatic rings. The van der Waals surface area contributed by atoms with Crippen LogP contribution in [-0.4, -0.2) is 41.3 Å². The average Bonchev–Trinajstić information content (AvgIpc) is 3.38. The summed E-state index contributed by atoms with van der Waals surface area (Å²) in [5.74, 6) is -3.30. The number of allylic oxidation sites excluding steroid dienone is 1. The number of amides is 2. The summed E-state index contributed by atoms with van der Waals surface area (Å²) in [5.41, 5.74) is 2.43. The lowest BCUT2D eigenvalue weighted by molar-refractivity contribution is -0.115. The number of hydrogen-bond donors (Lipinski definition) is 1. The van der Waals surface area contributed by atoms with E-state index in [0.717, 1.165) is 15.8 Å². The summed E-state index contributed by atoms with van der Waals surface area (Å²) >= 11 is 2.47. The predicted molar refractivity (Wildman–Crippen MR) is 135 cm³/mol. The maximum Gasteiger partial charge on any atom is 0.263 e. The van der Waals surface area contributed by atoms with Crippen LogP contribution in [-0.2, 0) is 26.0 Å². The molecule has 0 aliphatic rings. The number of para-hydroxylation sites is 1. The molecule has 2 heterocycles. The Labute approximate surface area is 203 Å². The molecule has 0 unspecified atom stereocenters. The number of carbonyl (C=O) groups excluding carboxylic acids is 2. The van der Waals surface area contributed by atoms with Crippen molar-refractivity contribution in [2.45, 2.75) is 6.54 Å². The number of rotatable bonds is 8. The molecule has 0 fully saturated rings. The lowest BCUT2D eigenvalue weighted by Gasteiger charge is -2.03. The number of hydrogen-bond acceptors (Lipinski definition) is 7. The van der Waals surface area contributed by atoms with E-state index >= 15 is 0 Å². The summed E-state index contributed by atoms with van der Waals surface area (Å²) in [6, 6.07) is 16.9. The SMILES string of the molecule is C=CCn1c(=NC(=O)CS(=O)(=O)CC(=O)Nc2nc(-c3ccccc3)cs2)sc2ccccc21. The van der Waals surface area contributed by atoms with Crippen LogP contribution < -0.4 is 10.1 Å². The molecule has 4 rings (SSSR count). The molecule has 0 radical (unpaired) electrons. The van der Waals surface area contributed by atoms with E-state index in [9.17, 15) is 18.0 Å². The van der Waals surface area contributed by atoms with Crippen LogP contribution in [0.4, 0.5) is 5.13 Å².